The Morgan fingerprint density at radius 1 is 0.966 bits per heavy atom. The number of methoxy groups -OCH3 is 2. The maximum Gasteiger partial charge on any atom is 0.247 e. The lowest BCUT2D eigenvalue weighted by molar-refractivity contribution is 0.296. The Morgan fingerprint density at radius 2 is 1.72 bits per heavy atom. The average Bonchev–Trinajstić information content (AvgIpc) is 3.22. The van der Waals surface area contributed by atoms with Crippen LogP contribution in [-0.4, -0.2) is 38.1 Å². The molecule has 1 aliphatic rings. The van der Waals surface area contributed by atoms with Gasteiger partial charge in [0, 0.05) is 31.0 Å². The topological polar surface area (TPSA) is 60.8 Å². The van der Waals surface area contributed by atoms with Crippen LogP contribution in [0.3, 0.4) is 0 Å². The zero-order valence-electron chi connectivity index (χ0n) is 16.7. The second-order valence-corrected chi connectivity index (χ2v) is 8.93. The summed E-state index contributed by atoms with van der Waals surface area (Å²) in [7, 11) is -0.864. The molecule has 0 bridgehead atoms. The number of sulfonamides is 1. The normalized spacial score (nSPS) is 17.0. The van der Waals surface area contributed by atoms with Crippen molar-refractivity contribution >= 4 is 10.0 Å². The fourth-order valence-electron chi connectivity index (χ4n) is 3.82. The highest BCUT2D eigenvalue weighted by Crippen LogP contribution is 2.39. The van der Waals surface area contributed by atoms with E-state index >= 15 is 0 Å². The molecule has 0 amide bonds. The molecular weight excluding hydrogens is 388 g/mol. The van der Waals surface area contributed by atoms with Crippen LogP contribution >= 0.6 is 0 Å². The summed E-state index contributed by atoms with van der Waals surface area (Å²) in [5.41, 5.74) is 3.01. The van der Waals surface area contributed by atoms with E-state index in [2.05, 4.69) is 4.57 Å². The number of aromatic nitrogens is 1. The quantitative estimate of drug-likeness (QED) is 0.642. The highest BCUT2D eigenvalue weighted by atomic mass is 32.2. The maximum atomic E-state index is 13.8. The highest BCUT2D eigenvalue weighted by Gasteiger charge is 2.39. The fraction of sp³-hybridized carbons (Fsp3) is 0.273. The van der Waals surface area contributed by atoms with Crippen molar-refractivity contribution in [2.45, 2.75) is 24.4 Å². The zero-order chi connectivity index (χ0) is 20.6. The Morgan fingerprint density at radius 3 is 2.41 bits per heavy atom. The van der Waals surface area contributed by atoms with Crippen molar-refractivity contribution < 1.29 is 17.9 Å². The van der Waals surface area contributed by atoms with Crippen molar-refractivity contribution in [3.63, 3.8) is 0 Å². The van der Waals surface area contributed by atoms with E-state index in [-0.39, 0.29) is 4.90 Å². The van der Waals surface area contributed by atoms with Gasteiger partial charge in [0.2, 0.25) is 10.0 Å². The Kier molecular flexibility index (Phi) is 5.10. The number of aryl methyl sites for hydroxylation is 1. The predicted molar refractivity (Wildman–Crippen MR) is 111 cm³/mol. The summed E-state index contributed by atoms with van der Waals surface area (Å²) >= 11 is 0. The molecule has 0 saturated heterocycles. The van der Waals surface area contributed by atoms with Crippen LogP contribution in [0, 0.1) is 6.92 Å². The molecule has 29 heavy (non-hydrogen) atoms. The Balaban J connectivity index is 1.87. The molecule has 0 N–H and O–H groups in total. The second-order valence-electron chi connectivity index (χ2n) is 7.07. The van der Waals surface area contributed by atoms with Crippen molar-refractivity contribution in [1.29, 1.82) is 0 Å². The number of fused-ring (bicyclic) bond motifs is 1. The number of rotatable bonds is 5. The van der Waals surface area contributed by atoms with E-state index in [4.69, 9.17) is 9.47 Å². The van der Waals surface area contributed by atoms with Crippen LogP contribution in [0.25, 0.3) is 0 Å². The molecule has 1 unspecified atom stereocenters. The van der Waals surface area contributed by atoms with Gasteiger partial charge < -0.3 is 14.0 Å². The summed E-state index contributed by atoms with van der Waals surface area (Å²) in [6, 6.07) is 16.4. The van der Waals surface area contributed by atoms with E-state index in [0.29, 0.717) is 24.6 Å². The third-order valence-corrected chi connectivity index (χ3v) is 7.23. The van der Waals surface area contributed by atoms with Crippen LogP contribution < -0.4 is 9.47 Å². The van der Waals surface area contributed by atoms with Gasteiger partial charge >= 0.3 is 0 Å². The SMILES string of the molecule is COc1ccc(OC)c(S(=O)(=O)N2CCn3cccc3C2c2ccc(C)cc2)c1. The molecule has 7 heteroatoms. The summed E-state index contributed by atoms with van der Waals surface area (Å²) in [5, 5.41) is 0. The third-order valence-electron chi connectivity index (χ3n) is 5.34. The third kappa shape index (κ3) is 3.41. The minimum absolute atomic E-state index is 0.108. The van der Waals surface area contributed by atoms with Crippen LogP contribution in [0.2, 0.25) is 0 Å². The summed E-state index contributed by atoms with van der Waals surface area (Å²) in [4.78, 5) is 0.108. The first kappa shape index (κ1) is 19.5. The molecule has 0 aliphatic carbocycles. The lowest BCUT2D eigenvalue weighted by atomic mass is 10.0. The van der Waals surface area contributed by atoms with Gasteiger partial charge in [0.05, 0.1) is 20.3 Å². The van der Waals surface area contributed by atoms with Gasteiger partial charge in [0.25, 0.3) is 0 Å². The molecule has 1 aromatic heterocycles. The minimum atomic E-state index is -3.85. The molecule has 4 rings (SSSR count). The largest absolute Gasteiger partial charge is 0.497 e. The summed E-state index contributed by atoms with van der Waals surface area (Å²) in [6.45, 7) is 2.97. The van der Waals surface area contributed by atoms with Crippen LogP contribution in [-0.2, 0) is 16.6 Å². The van der Waals surface area contributed by atoms with Gasteiger partial charge in [0.15, 0.2) is 0 Å². The maximum absolute atomic E-state index is 13.8. The second kappa shape index (κ2) is 7.57. The predicted octanol–water partition coefficient (Wildman–Crippen LogP) is 3.61. The van der Waals surface area contributed by atoms with Crippen LogP contribution in [0.1, 0.15) is 22.9 Å². The van der Waals surface area contributed by atoms with E-state index < -0.39 is 16.1 Å². The van der Waals surface area contributed by atoms with Crippen molar-refractivity contribution in [2.75, 3.05) is 20.8 Å². The standard InChI is InChI=1S/C22H24N2O4S/c1-16-6-8-17(9-7-16)22-19-5-4-12-23(19)13-14-24(22)29(25,26)21-15-18(27-2)10-11-20(21)28-3/h4-12,15,22H,13-14H2,1-3H3. The monoisotopic (exact) mass is 412 g/mol. The molecule has 152 valence electrons. The van der Waals surface area contributed by atoms with Gasteiger partial charge in [-0.2, -0.15) is 4.31 Å². The average molecular weight is 413 g/mol. The van der Waals surface area contributed by atoms with E-state index in [1.165, 1.54) is 20.3 Å². The number of nitrogens with zero attached hydrogens (tertiary/aromatic N) is 2. The van der Waals surface area contributed by atoms with E-state index in [9.17, 15) is 8.42 Å². The van der Waals surface area contributed by atoms with Gasteiger partial charge in [-0.1, -0.05) is 29.8 Å². The van der Waals surface area contributed by atoms with Crippen molar-refractivity contribution in [3.8, 4) is 11.5 Å². The Labute approximate surface area is 171 Å². The molecule has 2 heterocycles. The van der Waals surface area contributed by atoms with Gasteiger partial charge in [0.1, 0.15) is 16.4 Å². The summed E-state index contributed by atoms with van der Waals surface area (Å²) in [6.07, 6.45) is 1.99. The Hall–Kier alpha value is -2.77. The summed E-state index contributed by atoms with van der Waals surface area (Å²) < 4.78 is 41.9. The fourth-order valence-corrected chi connectivity index (χ4v) is 5.57. The first-order chi connectivity index (χ1) is 14.0. The molecule has 0 radical (unpaired) electrons. The van der Waals surface area contributed by atoms with Gasteiger partial charge in [-0.25, -0.2) is 8.42 Å². The molecule has 1 atom stereocenters. The Bertz CT molecular complexity index is 1120. The lowest BCUT2D eigenvalue weighted by Crippen LogP contribution is -2.42. The summed E-state index contributed by atoms with van der Waals surface area (Å²) in [5.74, 6) is 0.769. The number of hydrogen-bond donors (Lipinski definition) is 0. The van der Waals surface area contributed by atoms with Gasteiger partial charge in [-0.05, 0) is 36.8 Å². The number of benzene rings is 2. The molecule has 3 aromatic rings. The minimum Gasteiger partial charge on any atom is -0.497 e. The van der Waals surface area contributed by atoms with E-state index in [1.54, 1.807) is 16.4 Å². The smallest absolute Gasteiger partial charge is 0.247 e. The number of hydrogen-bond acceptors (Lipinski definition) is 4. The van der Waals surface area contributed by atoms with Crippen LogP contribution in [0.4, 0.5) is 0 Å². The van der Waals surface area contributed by atoms with E-state index in [0.717, 1.165) is 16.8 Å². The molecular formula is C22H24N2O4S. The van der Waals surface area contributed by atoms with Crippen LogP contribution in [0.15, 0.2) is 65.7 Å². The van der Waals surface area contributed by atoms with Gasteiger partial charge in [-0.3, -0.25) is 0 Å². The first-order valence-electron chi connectivity index (χ1n) is 9.41. The van der Waals surface area contributed by atoms with Crippen molar-refractivity contribution in [3.05, 3.63) is 77.6 Å². The first-order valence-corrected chi connectivity index (χ1v) is 10.8. The zero-order valence-corrected chi connectivity index (χ0v) is 17.5. The highest BCUT2D eigenvalue weighted by molar-refractivity contribution is 7.89. The van der Waals surface area contributed by atoms with E-state index in [1.807, 2.05) is 49.5 Å². The van der Waals surface area contributed by atoms with Crippen molar-refractivity contribution in [1.82, 2.24) is 8.87 Å². The van der Waals surface area contributed by atoms with Crippen LogP contribution in [0.5, 0.6) is 11.5 Å². The van der Waals surface area contributed by atoms with Crippen molar-refractivity contribution in [2.24, 2.45) is 0 Å². The lowest BCUT2D eigenvalue weighted by Gasteiger charge is -2.36. The molecule has 0 saturated carbocycles. The molecule has 6 nitrogen and oxygen atoms in total. The van der Waals surface area contributed by atoms with Gasteiger partial charge in [-0.15, -0.1) is 0 Å². The molecule has 1 aliphatic heterocycles. The molecule has 2 aromatic carbocycles. The molecule has 0 fully saturated rings. The number of ether oxygens (including phenoxy) is 2. The molecule has 0 spiro atoms.